The van der Waals surface area contributed by atoms with Gasteiger partial charge >= 0.3 is 0 Å². The highest BCUT2D eigenvalue weighted by Crippen LogP contribution is 2.02. The first-order valence-corrected chi connectivity index (χ1v) is 5.82. The molecule has 0 aromatic heterocycles. The van der Waals surface area contributed by atoms with Crippen LogP contribution in [0.1, 0.15) is 47.0 Å². The van der Waals surface area contributed by atoms with Crippen LogP contribution in [0.3, 0.4) is 0 Å². The van der Waals surface area contributed by atoms with E-state index < -0.39 is 0 Å². The monoisotopic (exact) mass is 204 g/mol. The van der Waals surface area contributed by atoms with Gasteiger partial charge in [-0.2, -0.15) is 0 Å². The molecule has 0 aliphatic rings. The zero-order valence-corrected chi connectivity index (χ0v) is 10.6. The molecule has 84 valence electrons. The van der Waals surface area contributed by atoms with Gasteiger partial charge in [0.2, 0.25) is 0 Å². The van der Waals surface area contributed by atoms with E-state index in [1.807, 2.05) is 0 Å². The van der Waals surface area contributed by atoms with Crippen LogP contribution in [0.4, 0.5) is 0 Å². The second kappa shape index (κ2) is 9.51. The number of hydrogen-bond donors (Lipinski definition) is 0. The molecule has 0 rings (SSSR count). The highest BCUT2D eigenvalue weighted by molar-refractivity contribution is 5.24. The first-order valence-electron chi connectivity index (χ1n) is 5.82. The number of allylic oxidation sites excluding steroid dienone is 8. The van der Waals surface area contributed by atoms with Crippen LogP contribution in [0.2, 0.25) is 0 Å². The standard InChI is InChI=1S/C15H24/c1-5-6-7-8-9-10-11-12-13-15(4)14(2)3/h8-13H,5-7H2,1-4H3. The van der Waals surface area contributed by atoms with E-state index in [9.17, 15) is 0 Å². The molecule has 0 aromatic carbocycles. The molecule has 0 nitrogen and oxygen atoms in total. The van der Waals surface area contributed by atoms with E-state index in [1.54, 1.807) is 0 Å². The van der Waals surface area contributed by atoms with Crippen LogP contribution in [0.15, 0.2) is 47.6 Å². The first kappa shape index (κ1) is 14.0. The van der Waals surface area contributed by atoms with Gasteiger partial charge in [-0.05, 0) is 27.2 Å². The molecule has 0 amide bonds. The van der Waals surface area contributed by atoms with Gasteiger partial charge in [0.05, 0.1) is 0 Å². The lowest BCUT2D eigenvalue weighted by molar-refractivity contribution is 0.815. The highest BCUT2D eigenvalue weighted by Gasteiger charge is 1.82. The molecule has 0 spiro atoms. The van der Waals surface area contributed by atoms with Gasteiger partial charge < -0.3 is 0 Å². The predicted molar refractivity (Wildman–Crippen MR) is 71.0 cm³/mol. The van der Waals surface area contributed by atoms with Crippen molar-refractivity contribution in [3.05, 3.63) is 47.6 Å². The Balaban J connectivity index is 3.81. The summed E-state index contributed by atoms with van der Waals surface area (Å²) in [6.45, 7) is 8.62. The van der Waals surface area contributed by atoms with E-state index >= 15 is 0 Å². The van der Waals surface area contributed by atoms with E-state index in [4.69, 9.17) is 0 Å². The highest BCUT2D eigenvalue weighted by atomic mass is 13.9. The zero-order valence-electron chi connectivity index (χ0n) is 10.6. The Bertz CT molecular complexity index is 258. The minimum atomic E-state index is 1.19. The second-order valence-electron chi connectivity index (χ2n) is 4.00. The molecule has 0 radical (unpaired) electrons. The van der Waals surface area contributed by atoms with E-state index in [-0.39, 0.29) is 0 Å². The van der Waals surface area contributed by atoms with Gasteiger partial charge in [0, 0.05) is 0 Å². The minimum Gasteiger partial charge on any atom is -0.0845 e. The average molecular weight is 204 g/mol. The van der Waals surface area contributed by atoms with Crippen LogP contribution in [-0.4, -0.2) is 0 Å². The van der Waals surface area contributed by atoms with E-state index in [2.05, 4.69) is 64.2 Å². The molecule has 0 heteroatoms. The Morgan fingerprint density at radius 2 is 1.60 bits per heavy atom. The zero-order chi connectivity index (χ0) is 11.5. The Kier molecular flexibility index (Phi) is 8.85. The van der Waals surface area contributed by atoms with Crippen LogP contribution < -0.4 is 0 Å². The number of unbranched alkanes of at least 4 members (excludes halogenated alkanes) is 2. The predicted octanol–water partition coefficient (Wildman–Crippen LogP) is 5.20. The fourth-order valence-corrected chi connectivity index (χ4v) is 0.992. The topological polar surface area (TPSA) is 0 Å². The van der Waals surface area contributed by atoms with Crippen molar-refractivity contribution in [2.75, 3.05) is 0 Å². The third kappa shape index (κ3) is 9.27. The summed E-state index contributed by atoms with van der Waals surface area (Å²) < 4.78 is 0. The van der Waals surface area contributed by atoms with E-state index in [1.165, 1.54) is 30.4 Å². The van der Waals surface area contributed by atoms with Gasteiger partial charge in [0.25, 0.3) is 0 Å². The summed E-state index contributed by atoms with van der Waals surface area (Å²) in [5.74, 6) is 0. The largest absolute Gasteiger partial charge is 0.0845 e. The molecule has 0 unspecified atom stereocenters. The Labute approximate surface area is 95.1 Å². The van der Waals surface area contributed by atoms with Gasteiger partial charge in [-0.25, -0.2) is 0 Å². The molecule has 0 aliphatic carbocycles. The number of hydrogen-bond acceptors (Lipinski definition) is 0. The number of rotatable bonds is 6. The van der Waals surface area contributed by atoms with Gasteiger partial charge in [-0.15, -0.1) is 0 Å². The fraction of sp³-hybridized carbons (Fsp3) is 0.467. The third-order valence-electron chi connectivity index (χ3n) is 2.33. The Hall–Kier alpha value is -1.04. The minimum absolute atomic E-state index is 1.19. The maximum Gasteiger partial charge on any atom is -0.0348 e. The molecule has 0 fully saturated rings. The SMILES string of the molecule is CCCCC=CC=CC=CC(C)=C(C)C. The summed E-state index contributed by atoms with van der Waals surface area (Å²) in [5, 5.41) is 0. The normalized spacial score (nSPS) is 12.0. The van der Waals surface area contributed by atoms with Gasteiger partial charge in [-0.3, -0.25) is 0 Å². The fourth-order valence-electron chi connectivity index (χ4n) is 0.992. The summed E-state index contributed by atoms with van der Waals surface area (Å²) >= 11 is 0. The molecule has 0 aliphatic heterocycles. The van der Waals surface area contributed by atoms with Crippen LogP contribution in [0.25, 0.3) is 0 Å². The van der Waals surface area contributed by atoms with Crippen LogP contribution >= 0.6 is 0 Å². The average Bonchev–Trinajstić information content (AvgIpc) is 2.21. The third-order valence-corrected chi connectivity index (χ3v) is 2.33. The van der Waals surface area contributed by atoms with Crippen molar-refractivity contribution in [1.29, 1.82) is 0 Å². The van der Waals surface area contributed by atoms with Crippen molar-refractivity contribution in [2.45, 2.75) is 47.0 Å². The van der Waals surface area contributed by atoms with Crippen LogP contribution in [0.5, 0.6) is 0 Å². The smallest absolute Gasteiger partial charge is 0.0348 e. The summed E-state index contributed by atoms with van der Waals surface area (Å²) in [6.07, 6.45) is 16.5. The van der Waals surface area contributed by atoms with E-state index in [0.29, 0.717) is 0 Å². The molecule has 0 heterocycles. The summed E-state index contributed by atoms with van der Waals surface area (Å²) in [5.41, 5.74) is 2.72. The summed E-state index contributed by atoms with van der Waals surface area (Å²) in [6, 6.07) is 0. The molecule has 0 atom stereocenters. The lowest BCUT2D eigenvalue weighted by atomic mass is 10.1. The molecule has 15 heavy (non-hydrogen) atoms. The molecule has 0 saturated heterocycles. The van der Waals surface area contributed by atoms with Crippen molar-refractivity contribution < 1.29 is 0 Å². The Morgan fingerprint density at radius 1 is 0.933 bits per heavy atom. The van der Waals surface area contributed by atoms with E-state index in [0.717, 1.165) is 0 Å². The van der Waals surface area contributed by atoms with Gasteiger partial charge in [0.1, 0.15) is 0 Å². The molecule has 0 saturated carbocycles. The maximum absolute atomic E-state index is 2.22. The molecule has 0 N–H and O–H groups in total. The molecular weight excluding hydrogens is 180 g/mol. The Morgan fingerprint density at radius 3 is 2.20 bits per heavy atom. The summed E-state index contributed by atoms with van der Waals surface area (Å²) in [4.78, 5) is 0. The molecule has 0 bridgehead atoms. The summed E-state index contributed by atoms with van der Waals surface area (Å²) in [7, 11) is 0. The van der Waals surface area contributed by atoms with Crippen LogP contribution in [-0.2, 0) is 0 Å². The van der Waals surface area contributed by atoms with Gasteiger partial charge in [-0.1, -0.05) is 67.4 Å². The van der Waals surface area contributed by atoms with Crippen molar-refractivity contribution in [3.63, 3.8) is 0 Å². The maximum atomic E-state index is 2.22. The van der Waals surface area contributed by atoms with Crippen molar-refractivity contribution in [1.82, 2.24) is 0 Å². The molecular formula is C15H24. The van der Waals surface area contributed by atoms with Crippen molar-refractivity contribution >= 4 is 0 Å². The quantitative estimate of drug-likeness (QED) is 0.412. The van der Waals surface area contributed by atoms with Crippen LogP contribution in [0, 0.1) is 0 Å². The lowest BCUT2D eigenvalue weighted by Crippen LogP contribution is -1.71. The van der Waals surface area contributed by atoms with Crippen molar-refractivity contribution in [2.24, 2.45) is 0 Å². The molecule has 0 aromatic rings. The lowest BCUT2D eigenvalue weighted by Gasteiger charge is -1.92. The second-order valence-corrected chi connectivity index (χ2v) is 4.00. The first-order chi connectivity index (χ1) is 7.18. The van der Waals surface area contributed by atoms with Crippen molar-refractivity contribution in [3.8, 4) is 0 Å². The van der Waals surface area contributed by atoms with Gasteiger partial charge in [0.15, 0.2) is 0 Å².